The van der Waals surface area contributed by atoms with Crippen LogP contribution in [0.4, 0.5) is 11.4 Å². The Morgan fingerprint density at radius 3 is 2.65 bits per heavy atom. The van der Waals surface area contributed by atoms with E-state index in [0.717, 1.165) is 50.5 Å². The van der Waals surface area contributed by atoms with Crippen molar-refractivity contribution >= 4 is 29.0 Å². The minimum Gasteiger partial charge on any atom is -0.416 e. The number of morpholine rings is 1. The lowest BCUT2D eigenvalue weighted by molar-refractivity contribution is -0.115. The van der Waals surface area contributed by atoms with Gasteiger partial charge in [0.15, 0.2) is 0 Å². The molecule has 2 fully saturated rings. The number of aromatic nitrogens is 2. The Morgan fingerprint density at radius 1 is 1.23 bits per heavy atom. The monoisotopic (exact) mass is 374 g/mol. The molecule has 1 aromatic heterocycles. The van der Waals surface area contributed by atoms with E-state index in [1.807, 2.05) is 31.2 Å². The van der Waals surface area contributed by atoms with E-state index < -0.39 is 0 Å². The van der Waals surface area contributed by atoms with Gasteiger partial charge in [-0.15, -0.1) is 10.2 Å². The molecule has 1 aromatic carbocycles. The molecule has 7 nitrogen and oxygen atoms in total. The molecular weight excluding hydrogens is 352 g/mol. The molecule has 2 heterocycles. The predicted molar refractivity (Wildman–Crippen MR) is 99.7 cm³/mol. The molecule has 138 valence electrons. The molecule has 1 saturated heterocycles. The van der Waals surface area contributed by atoms with Crippen LogP contribution in [0, 0.1) is 0 Å². The van der Waals surface area contributed by atoms with Gasteiger partial charge in [-0.3, -0.25) is 4.79 Å². The maximum absolute atomic E-state index is 12.4. The Balaban J connectivity index is 1.31. The first kappa shape index (κ1) is 17.4. The summed E-state index contributed by atoms with van der Waals surface area (Å²) in [7, 11) is 0. The van der Waals surface area contributed by atoms with Gasteiger partial charge in [-0.2, -0.15) is 0 Å². The molecule has 4 rings (SSSR count). The van der Waals surface area contributed by atoms with Crippen molar-refractivity contribution in [1.29, 1.82) is 0 Å². The second-order valence-corrected chi connectivity index (χ2v) is 7.87. The highest BCUT2D eigenvalue weighted by Gasteiger charge is 2.30. The zero-order valence-electron chi connectivity index (χ0n) is 14.7. The van der Waals surface area contributed by atoms with E-state index in [1.54, 1.807) is 0 Å². The largest absolute Gasteiger partial charge is 0.416 e. The van der Waals surface area contributed by atoms with E-state index in [-0.39, 0.29) is 11.2 Å². The van der Waals surface area contributed by atoms with Gasteiger partial charge in [0.25, 0.3) is 5.22 Å². The molecule has 1 atom stereocenters. The van der Waals surface area contributed by atoms with Crippen LogP contribution in [0.25, 0.3) is 0 Å². The first-order valence-electron chi connectivity index (χ1n) is 8.93. The van der Waals surface area contributed by atoms with Crippen LogP contribution >= 0.6 is 11.8 Å². The molecule has 26 heavy (non-hydrogen) atoms. The Labute approximate surface area is 156 Å². The van der Waals surface area contributed by atoms with Crippen molar-refractivity contribution < 1.29 is 13.9 Å². The second kappa shape index (κ2) is 7.67. The Kier molecular flexibility index (Phi) is 5.12. The van der Waals surface area contributed by atoms with E-state index in [1.165, 1.54) is 11.8 Å². The summed E-state index contributed by atoms with van der Waals surface area (Å²) < 4.78 is 11.0. The second-order valence-electron chi connectivity index (χ2n) is 6.58. The van der Waals surface area contributed by atoms with Crippen molar-refractivity contribution in [2.24, 2.45) is 0 Å². The third-order valence-corrected chi connectivity index (χ3v) is 5.44. The molecule has 1 saturated carbocycles. The van der Waals surface area contributed by atoms with Gasteiger partial charge in [0.1, 0.15) is 0 Å². The average Bonchev–Trinajstić information content (AvgIpc) is 3.42. The fourth-order valence-electron chi connectivity index (χ4n) is 2.79. The van der Waals surface area contributed by atoms with Gasteiger partial charge in [0.2, 0.25) is 11.8 Å². The molecule has 1 N–H and O–H groups in total. The van der Waals surface area contributed by atoms with Crippen LogP contribution in [0.5, 0.6) is 0 Å². The third-order valence-electron chi connectivity index (χ3n) is 4.51. The van der Waals surface area contributed by atoms with Crippen molar-refractivity contribution in [3.63, 3.8) is 0 Å². The van der Waals surface area contributed by atoms with Gasteiger partial charge in [0.05, 0.1) is 18.5 Å². The van der Waals surface area contributed by atoms with Gasteiger partial charge in [-0.05, 0) is 44.0 Å². The Morgan fingerprint density at radius 2 is 1.96 bits per heavy atom. The van der Waals surface area contributed by atoms with E-state index in [2.05, 4.69) is 20.4 Å². The number of nitrogens with zero attached hydrogens (tertiary/aromatic N) is 3. The number of anilines is 2. The molecule has 1 aliphatic carbocycles. The molecule has 2 aliphatic rings. The Bertz CT molecular complexity index is 754. The molecule has 2 aromatic rings. The smallest absolute Gasteiger partial charge is 0.277 e. The summed E-state index contributed by atoms with van der Waals surface area (Å²) in [5, 5.41) is 11.1. The zero-order valence-corrected chi connectivity index (χ0v) is 15.5. The van der Waals surface area contributed by atoms with E-state index in [9.17, 15) is 4.79 Å². The summed E-state index contributed by atoms with van der Waals surface area (Å²) >= 11 is 1.29. The van der Waals surface area contributed by atoms with Crippen LogP contribution in [0.1, 0.15) is 31.6 Å². The summed E-state index contributed by atoms with van der Waals surface area (Å²) in [6.07, 6.45) is 2.23. The summed E-state index contributed by atoms with van der Waals surface area (Å²) in [6, 6.07) is 7.91. The van der Waals surface area contributed by atoms with E-state index in [0.29, 0.717) is 17.0 Å². The number of carbonyl (C=O) groups is 1. The lowest BCUT2D eigenvalue weighted by atomic mass is 10.2. The van der Waals surface area contributed by atoms with Gasteiger partial charge >= 0.3 is 0 Å². The van der Waals surface area contributed by atoms with Crippen LogP contribution in [-0.4, -0.2) is 47.7 Å². The maximum atomic E-state index is 12.4. The molecule has 8 heteroatoms. The SMILES string of the molecule is CC(Sc1nnc(C2CC2)o1)C(=O)Nc1ccc(N2CCOCC2)cc1. The number of nitrogens with one attached hydrogen (secondary N) is 1. The molecule has 0 bridgehead atoms. The van der Waals surface area contributed by atoms with Gasteiger partial charge in [0, 0.05) is 30.4 Å². The minimum atomic E-state index is -0.318. The topological polar surface area (TPSA) is 80.5 Å². The van der Waals surface area contributed by atoms with Crippen LogP contribution < -0.4 is 10.2 Å². The number of carbonyl (C=O) groups excluding carboxylic acids is 1. The van der Waals surface area contributed by atoms with E-state index in [4.69, 9.17) is 9.15 Å². The quantitative estimate of drug-likeness (QED) is 0.779. The third kappa shape index (κ3) is 4.19. The summed E-state index contributed by atoms with van der Waals surface area (Å²) in [5.41, 5.74) is 1.93. The highest BCUT2D eigenvalue weighted by Crippen LogP contribution is 2.40. The number of rotatable bonds is 6. The van der Waals surface area contributed by atoms with Gasteiger partial charge in [-0.25, -0.2) is 0 Å². The summed E-state index contributed by atoms with van der Waals surface area (Å²) in [6.45, 7) is 5.14. The Hall–Kier alpha value is -2.06. The molecule has 1 unspecified atom stereocenters. The molecule has 1 amide bonds. The fraction of sp³-hybridized carbons (Fsp3) is 0.500. The minimum absolute atomic E-state index is 0.0831. The zero-order chi connectivity index (χ0) is 17.9. The molecule has 0 radical (unpaired) electrons. The van der Waals surface area contributed by atoms with Crippen molar-refractivity contribution in [1.82, 2.24) is 10.2 Å². The van der Waals surface area contributed by atoms with Crippen LogP contribution in [-0.2, 0) is 9.53 Å². The van der Waals surface area contributed by atoms with Crippen molar-refractivity contribution in [3.05, 3.63) is 30.2 Å². The highest BCUT2D eigenvalue weighted by atomic mass is 32.2. The van der Waals surface area contributed by atoms with Gasteiger partial charge in [-0.1, -0.05) is 11.8 Å². The molecular formula is C18H22N4O3S. The number of amides is 1. The number of thioether (sulfide) groups is 1. The number of hydrogen-bond donors (Lipinski definition) is 1. The predicted octanol–water partition coefficient (Wildman–Crippen LogP) is 2.90. The summed E-state index contributed by atoms with van der Waals surface area (Å²) in [4.78, 5) is 14.7. The fourth-order valence-corrected chi connectivity index (χ4v) is 3.48. The highest BCUT2D eigenvalue weighted by molar-refractivity contribution is 8.00. The van der Waals surface area contributed by atoms with Gasteiger partial charge < -0.3 is 19.4 Å². The van der Waals surface area contributed by atoms with Crippen LogP contribution in [0.3, 0.4) is 0 Å². The average molecular weight is 374 g/mol. The van der Waals surface area contributed by atoms with Crippen LogP contribution in [0.15, 0.2) is 33.9 Å². The number of benzene rings is 1. The maximum Gasteiger partial charge on any atom is 0.277 e. The standard InChI is InChI=1S/C18H22N4O3S/c1-12(26-18-21-20-17(25-18)13-2-3-13)16(23)19-14-4-6-15(7-5-14)22-8-10-24-11-9-22/h4-7,12-13H,2-3,8-11H2,1H3,(H,19,23). The van der Waals surface area contributed by atoms with Crippen molar-refractivity contribution in [2.45, 2.75) is 36.2 Å². The van der Waals surface area contributed by atoms with E-state index >= 15 is 0 Å². The molecule has 0 spiro atoms. The van der Waals surface area contributed by atoms with Crippen LogP contribution in [0.2, 0.25) is 0 Å². The lowest BCUT2D eigenvalue weighted by Gasteiger charge is -2.28. The number of ether oxygens (including phenoxy) is 1. The van der Waals surface area contributed by atoms with Crippen molar-refractivity contribution in [2.75, 3.05) is 36.5 Å². The first-order valence-corrected chi connectivity index (χ1v) is 9.81. The van der Waals surface area contributed by atoms with Crippen molar-refractivity contribution in [3.8, 4) is 0 Å². The molecule has 1 aliphatic heterocycles. The lowest BCUT2D eigenvalue weighted by Crippen LogP contribution is -2.36. The summed E-state index contributed by atoms with van der Waals surface area (Å²) in [5.74, 6) is 1.03. The number of hydrogen-bond acceptors (Lipinski definition) is 7. The normalized spacial score (nSPS) is 18.6. The first-order chi connectivity index (χ1) is 12.7.